The Hall–Kier alpha value is -1.07. The second-order valence-electron chi connectivity index (χ2n) is 4.84. The molecule has 1 unspecified atom stereocenters. The highest BCUT2D eigenvalue weighted by atomic mass is 35.5. The highest BCUT2D eigenvalue weighted by Gasteiger charge is 2.30. The molecule has 1 aromatic rings. The van der Waals surface area contributed by atoms with E-state index in [1.165, 1.54) is 0 Å². The second-order valence-corrected chi connectivity index (χ2v) is 5.18. The van der Waals surface area contributed by atoms with Crippen molar-refractivity contribution in [1.29, 1.82) is 0 Å². The molecule has 6 heteroatoms. The van der Waals surface area contributed by atoms with E-state index >= 15 is 0 Å². The Labute approximate surface area is 106 Å². The molecule has 0 bridgehead atoms. The summed E-state index contributed by atoms with van der Waals surface area (Å²) in [7, 11) is 0. The van der Waals surface area contributed by atoms with Crippen LogP contribution in [0.25, 0.3) is 0 Å². The largest absolute Gasteiger partial charge is 0.394 e. The Balaban J connectivity index is 2.34. The van der Waals surface area contributed by atoms with Gasteiger partial charge in [0.05, 0.1) is 17.0 Å². The SMILES string of the molecule is Cc1nc(Cl)nc(N2CCCC(C)(O)C2)c1N. The van der Waals surface area contributed by atoms with E-state index in [-0.39, 0.29) is 5.28 Å². The predicted octanol–water partition coefficient (Wildman–Crippen LogP) is 1.37. The Morgan fingerprint density at radius 3 is 2.82 bits per heavy atom. The van der Waals surface area contributed by atoms with Gasteiger partial charge < -0.3 is 15.7 Å². The highest BCUT2D eigenvalue weighted by molar-refractivity contribution is 6.28. The fourth-order valence-corrected chi connectivity index (χ4v) is 2.38. The van der Waals surface area contributed by atoms with Gasteiger partial charge in [-0.1, -0.05) is 0 Å². The average Bonchev–Trinajstić information content (AvgIpc) is 2.22. The van der Waals surface area contributed by atoms with Crippen LogP contribution in [0.1, 0.15) is 25.5 Å². The van der Waals surface area contributed by atoms with Crippen molar-refractivity contribution in [3.05, 3.63) is 11.0 Å². The summed E-state index contributed by atoms with van der Waals surface area (Å²) in [6.07, 6.45) is 1.70. The van der Waals surface area contributed by atoms with Crippen molar-refractivity contribution < 1.29 is 5.11 Å². The summed E-state index contributed by atoms with van der Waals surface area (Å²) < 4.78 is 0. The molecule has 2 rings (SSSR count). The molecule has 2 heterocycles. The molecule has 0 aliphatic carbocycles. The molecule has 0 saturated carbocycles. The number of anilines is 2. The molecule has 1 fully saturated rings. The van der Waals surface area contributed by atoms with E-state index in [1.807, 2.05) is 11.8 Å². The number of aliphatic hydroxyl groups is 1. The standard InChI is InChI=1S/C11H17ClN4O/c1-7-8(13)9(15-10(12)14-7)16-5-3-4-11(2,17)6-16/h17H,3-6,13H2,1-2H3. The molecule has 0 spiro atoms. The van der Waals surface area contributed by atoms with E-state index in [2.05, 4.69) is 9.97 Å². The van der Waals surface area contributed by atoms with Crippen molar-refractivity contribution in [2.75, 3.05) is 23.7 Å². The van der Waals surface area contributed by atoms with Gasteiger partial charge in [-0.2, -0.15) is 4.98 Å². The molecule has 3 N–H and O–H groups in total. The quantitative estimate of drug-likeness (QED) is 0.743. The van der Waals surface area contributed by atoms with Gasteiger partial charge in [0.25, 0.3) is 0 Å². The van der Waals surface area contributed by atoms with Gasteiger partial charge >= 0.3 is 0 Å². The maximum absolute atomic E-state index is 10.1. The summed E-state index contributed by atoms with van der Waals surface area (Å²) >= 11 is 5.85. The van der Waals surface area contributed by atoms with Crippen LogP contribution in [-0.4, -0.2) is 33.8 Å². The first-order valence-corrected chi connectivity index (χ1v) is 6.04. The number of halogens is 1. The molecule has 0 amide bonds. The molecular weight excluding hydrogens is 240 g/mol. The van der Waals surface area contributed by atoms with E-state index in [1.54, 1.807) is 6.92 Å². The lowest BCUT2D eigenvalue weighted by Gasteiger charge is -2.38. The molecule has 1 aromatic heterocycles. The molecule has 5 nitrogen and oxygen atoms in total. The number of nitrogen functional groups attached to an aromatic ring is 1. The molecule has 1 atom stereocenters. The van der Waals surface area contributed by atoms with Crippen molar-refractivity contribution in [3.8, 4) is 0 Å². The number of rotatable bonds is 1. The van der Waals surface area contributed by atoms with Gasteiger partial charge in [-0.25, -0.2) is 4.98 Å². The van der Waals surface area contributed by atoms with Gasteiger partial charge in [0.1, 0.15) is 0 Å². The first-order valence-electron chi connectivity index (χ1n) is 5.66. The molecular formula is C11H17ClN4O. The van der Waals surface area contributed by atoms with E-state index in [4.69, 9.17) is 17.3 Å². The number of aromatic nitrogens is 2. The fraction of sp³-hybridized carbons (Fsp3) is 0.636. The fourth-order valence-electron chi connectivity index (χ4n) is 2.17. The highest BCUT2D eigenvalue weighted by Crippen LogP contribution is 2.30. The zero-order valence-corrected chi connectivity index (χ0v) is 10.8. The lowest BCUT2D eigenvalue weighted by molar-refractivity contribution is 0.0447. The van der Waals surface area contributed by atoms with Crippen molar-refractivity contribution >= 4 is 23.1 Å². The van der Waals surface area contributed by atoms with Crippen LogP contribution in [0.15, 0.2) is 0 Å². The molecule has 0 radical (unpaired) electrons. The van der Waals surface area contributed by atoms with Crippen LogP contribution in [0.5, 0.6) is 0 Å². The molecule has 17 heavy (non-hydrogen) atoms. The minimum absolute atomic E-state index is 0.192. The predicted molar refractivity (Wildman–Crippen MR) is 68.3 cm³/mol. The van der Waals surface area contributed by atoms with Gasteiger partial charge in [-0.3, -0.25) is 0 Å². The van der Waals surface area contributed by atoms with E-state index in [0.29, 0.717) is 23.7 Å². The third kappa shape index (κ3) is 2.61. The van der Waals surface area contributed by atoms with Gasteiger partial charge in [0.2, 0.25) is 5.28 Å². The van der Waals surface area contributed by atoms with Crippen LogP contribution in [0.2, 0.25) is 5.28 Å². The average molecular weight is 257 g/mol. The van der Waals surface area contributed by atoms with E-state index < -0.39 is 5.60 Å². The second kappa shape index (κ2) is 4.31. The van der Waals surface area contributed by atoms with Crippen molar-refractivity contribution in [2.45, 2.75) is 32.3 Å². The lowest BCUT2D eigenvalue weighted by atomic mass is 9.95. The lowest BCUT2D eigenvalue weighted by Crippen LogP contribution is -2.46. The van der Waals surface area contributed by atoms with Gasteiger partial charge in [-0.05, 0) is 38.3 Å². The van der Waals surface area contributed by atoms with Crippen LogP contribution < -0.4 is 10.6 Å². The Morgan fingerprint density at radius 2 is 2.18 bits per heavy atom. The van der Waals surface area contributed by atoms with E-state index in [0.717, 1.165) is 19.4 Å². The molecule has 0 aromatic carbocycles. The smallest absolute Gasteiger partial charge is 0.224 e. The molecule has 1 saturated heterocycles. The van der Waals surface area contributed by atoms with Crippen LogP contribution in [-0.2, 0) is 0 Å². The number of nitrogens with zero attached hydrogens (tertiary/aromatic N) is 3. The third-order valence-electron chi connectivity index (χ3n) is 3.06. The zero-order chi connectivity index (χ0) is 12.6. The topological polar surface area (TPSA) is 75.3 Å². The summed E-state index contributed by atoms with van der Waals surface area (Å²) in [4.78, 5) is 10.1. The van der Waals surface area contributed by atoms with Gasteiger partial charge in [-0.15, -0.1) is 0 Å². The number of hydrogen-bond donors (Lipinski definition) is 2. The van der Waals surface area contributed by atoms with Crippen LogP contribution in [0, 0.1) is 6.92 Å². The molecule has 1 aliphatic rings. The maximum Gasteiger partial charge on any atom is 0.224 e. The third-order valence-corrected chi connectivity index (χ3v) is 3.23. The monoisotopic (exact) mass is 256 g/mol. The van der Waals surface area contributed by atoms with Crippen LogP contribution in [0.3, 0.4) is 0 Å². The Kier molecular flexibility index (Phi) is 3.14. The summed E-state index contributed by atoms with van der Waals surface area (Å²) in [6.45, 7) is 4.97. The van der Waals surface area contributed by atoms with Gasteiger partial charge in [0.15, 0.2) is 5.82 Å². The van der Waals surface area contributed by atoms with Crippen molar-refractivity contribution in [1.82, 2.24) is 9.97 Å². The number of nitrogens with two attached hydrogens (primary N) is 1. The normalized spacial score (nSPS) is 25.1. The minimum Gasteiger partial charge on any atom is -0.394 e. The number of piperidine rings is 1. The van der Waals surface area contributed by atoms with Gasteiger partial charge in [0, 0.05) is 13.1 Å². The van der Waals surface area contributed by atoms with Crippen molar-refractivity contribution in [2.24, 2.45) is 0 Å². The summed E-state index contributed by atoms with van der Waals surface area (Å²) in [5.74, 6) is 0.627. The maximum atomic E-state index is 10.1. The van der Waals surface area contributed by atoms with E-state index in [9.17, 15) is 5.11 Å². The zero-order valence-electron chi connectivity index (χ0n) is 10.1. The minimum atomic E-state index is -0.698. The summed E-state index contributed by atoms with van der Waals surface area (Å²) in [6, 6.07) is 0. The Morgan fingerprint density at radius 1 is 1.47 bits per heavy atom. The summed E-state index contributed by atoms with van der Waals surface area (Å²) in [5.41, 5.74) is 6.47. The summed E-state index contributed by atoms with van der Waals surface area (Å²) in [5, 5.41) is 10.3. The van der Waals surface area contributed by atoms with Crippen molar-refractivity contribution in [3.63, 3.8) is 0 Å². The first-order chi connectivity index (χ1) is 7.89. The first kappa shape index (κ1) is 12.4. The van der Waals surface area contributed by atoms with Crippen LogP contribution in [0.4, 0.5) is 11.5 Å². The Bertz CT molecular complexity index is 436. The molecule has 1 aliphatic heterocycles. The number of β-amino-alcohol motifs (C(OH)–C–C–N with tert-alkyl or cyclic N) is 1. The molecule has 94 valence electrons. The number of hydrogen-bond acceptors (Lipinski definition) is 5. The number of aryl methyl sites for hydroxylation is 1. The van der Waals surface area contributed by atoms with Crippen LogP contribution >= 0.6 is 11.6 Å².